The molecule has 2 aliphatic carbocycles. The average molecular weight is 1400 g/mol. The monoisotopic (exact) mass is 1390 g/mol. The van der Waals surface area contributed by atoms with E-state index >= 15 is 0 Å². The van der Waals surface area contributed by atoms with Crippen LogP contribution in [-0.2, 0) is 70.7 Å². The van der Waals surface area contributed by atoms with E-state index in [1.54, 1.807) is 50.6 Å². The highest BCUT2D eigenvalue weighted by atomic mass is 32.1. The minimum Gasteiger partial charge on any atom is -0.479 e. The number of hydrogen-bond acceptors (Lipinski definition) is 20. The van der Waals surface area contributed by atoms with Crippen molar-refractivity contribution in [3.63, 3.8) is 0 Å². The molecule has 1 saturated heterocycles. The quantitative estimate of drug-likeness (QED) is 0.0191. The van der Waals surface area contributed by atoms with Gasteiger partial charge in [-0.25, -0.2) is 24.4 Å². The maximum atomic E-state index is 14.4. The van der Waals surface area contributed by atoms with E-state index in [0.29, 0.717) is 84.9 Å². The van der Waals surface area contributed by atoms with Crippen LogP contribution in [0.15, 0.2) is 91.1 Å². The summed E-state index contributed by atoms with van der Waals surface area (Å²) < 4.78 is 27.6. The number of carboxylic acids is 2. The van der Waals surface area contributed by atoms with Crippen molar-refractivity contribution in [3.8, 4) is 16.9 Å². The number of aromatic nitrogens is 4. The number of fused-ring (bicyclic) bond motifs is 4. The lowest BCUT2D eigenvalue weighted by molar-refractivity contribution is -0.271. The molecule has 6 amide bonds. The first-order chi connectivity index (χ1) is 47.8. The van der Waals surface area contributed by atoms with Crippen LogP contribution in [-0.4, -0.2) is 197 Å². The van der Waals surface area contributed by atoms with Gasteiger partial charge in [0.15, 0.2) is 16.9 Å². The number of hydrogen-bond donors (Lipinski definition) is 7. The standard InChI is InChI=1S/C72H86N10O17S/c1-6-26-72(97-33-32-79(31-25-56(84)78(4)5)69(95)96-38-46-19-18-44(13-9-10-29-73-55(83)37-81-57(85)22-23-58(81)86)34-52(46)98-67-62(89)60(87)61(88)63(99-67)66(93)94)40-70(3)27-12-28-71(39-70,41-72)42-82-43(2)49(35-74-82)47-20-21-54(76-59(47)65(91)92)80-30-24-45-14-11-15-48(50(45)36-80)64(90)77-68-75-51-16-7-8-17-53(51)100-68/h7-8,11,14-23,34-35,60-63,67,87-89H,6,9-10,12-13,24-33,36-42H2,1-5H3,(H,73,83)(H,91,92)(H,93,94)(H,75,77,90)/t60-,61-,62+,63-,67+,70?,71?,72?/m0/s1. The van der Waals surface area contributed by atoms with Crippen LogP contribution in [0.1, 0.15) is 133 Å². The first-order valence-electron chi connectivity index (χ1n) is 33.9. The third-order valence-corrected chi connectivity index (χ3v) is 20.8. The SMILES string of the molecule is CCCC1(OCCN(CCC(=O)N(C)C)C(=O)OCc2ccc(CCCCNC(=O)CN3C(=O)C=CC3=O)cc2O[C@@H]2O[C@H](C(=O)O)[C@@H](O)[C@H](O)[C@H]2O)CC2(C)CCCC(Cn3ncc(-c4ccc(N5CCc6cccc(C(=O)Nc7nc8ccccc8s7)c6C5)nc4C(=O)O)c3C)(C2)C1. The summed E-state index contributed by atoms with van der Waals surface area (Å²) in [6.07, 6.45) is 2.20. The summed E-state index contributed by atoms with van der Waals surface area (Å²) in [6.45, 7) is 7.30. The van der Waals surface area contributed by atoms with Crippen LogP contribution in [0.2, 0.25) is 0 Å². The Bertz CT molecular complexity index is 4070. The molecule has 0 radical (unpaired) electrons. The largest absolute Gasteiger partial charge is 0.479 e. The van der Waals surface area contributed by atoms with Gasteiger partial charge in [0.1, 0.15) is 43.0 Å². The summed E-state index contributed by atoms with van der Waals surface area (Å²) in [5.41, 5.74) is 4.81. The highest BCUT2D eigenvalue weighted by Gasteiger charge is 2.55. The van der Waals surface area contributed by atoms with Gasteiger partial charge in [-0.15, -0.1) is 0 Å². The second-order valence-electron chi connectivity index (χ2n) is 27.5. The van der Waals surface area contributed by atoms with Crippen molar-refractivity contribution in [1.82, 2.24) is 39.8 Å². The van der Waals surface area contributed by atoms with E-state index in [1.165, 1.54) is 21.1 Å². The molecule has 0 spiro atoms. The highest BCUT2D eigenvalue weighted by Crippen LogP contribution is 2.61. The summed E-state index contributed by atoms with van der Waals surface area (Å²) in [5, 5.41) is 63.8. The summed E-state index contributed by atoms with van der Waals surface area (Å²) in [4.78, 5) is 118. The molecule has 27 nitrogen and oxygen atoms in total. The van der Waals surface area contributed by atoms with E-state index in [1.807, 2.05) is 59.0 Å². The van der Waals surface area contributed by atoms with Gasteiger partial charge in [-0.05, 0) is 135 Å². The lowest BCUT2D eigenvalue weighted by Gasteiger charge is -2.58. The number of ether oxygens (including phenoxy) is 4. The van der Waals surface area contributed by atoms with Gasteiger partial charge in [-0.3, -0.25) is 38.9 Å². The predicted octanol–water partition coefficient (Wildman–Crippen LogP) is 7.04. The predicted molar refractivity (Wildman–Crippen MR) is 366 cm³/mol. The average Bonchev–Trinajstić information content (AvgIpc) is 0.962. The van der Waals surface area contributed by atoms with Crippen LogP contribution in [0.25, 0.3) is 21.3 Å². The third-order valence-electron chi connectivity index (χ3n) is 19.8. The molecule has 3 unspecified atom stereocenters. The molecule has 3 fully saturated rings. The van der Waals surface area contributed by atoms with Crippen molar-refractivity contribution in [1.29, 1.82) is 0 Å². The van der Waals surface area contributed by atoms with Crippen LogP contribution >= 0.6 is 11.3 Å². The number of imide groups is 1. The zero-order valence-electron chi connectivity index (χ0n) is 56.7. The summed E-state index contributed by atoms with van der Waals surface area (Å²) >= 11 is 1.40. The Balaban J connectivity index is 0.765. The van der Waals surface area contributed by atoms with E-state index < -0.39 is 85.2 Å². The Morgan fingerprint density at radius 1 is 0.870 bits per heavy atom. The first kappa shape index (κ1) is 72.1. The molecule has 11 rings (SSSR count). The number of nitrogens with zero attached hydrogens (tertiary/aromatic N) is 8. The van der Waals surface area contributed by atoms with Gasteiger partial charge in [0.05, 0.1) is 28.6 Å². The number of amides is 6. The fourth-order valence-corrected chi connectivity index (χ4v) is 16.0. The molecule has 6 aromatic rings. The Labute approximate surface area is 582 Å². The number of aryl methyl sites for hydroxylation is 1. The second kappa shape index (κ2) is 30.7. The molecule has 532 valence electrons. The Morgan fingerprint density at radius 3 is 2.41 bits per heavy atom. The molecule has 8 atom stereocenters. The van der Waals surface area contributed by atoms with Crippen LogP contribution in [0.4, 0.5) is 15.7 Å². The van der Waals surface area contributed by atoms with Crippen LogP contribution in [0.5, 0.6) is 5.75 Å². The van der Waals surface area contributed by atoms with E-state index in [9.17, 15) is 63.9 Å². The van der Waals surface area contributed by atoms with Crippen molar-refractivity contribution in [2.24, 2.45) is 10.8 Å². The van der Waals surface area contributed by atoms with Crippen LogP contribution in [0, 0.1) is 17.8 Å². The van der Waals surface area contributed by atoms with Gasteiger partial charge in [0.2, 0.25) is 18.1 Å². The van der Waals surface area contributed by atoms with Crippen LogP contribution in [0.3, 0.4) is 0 Å². The zero-order chi connectivity index (χ0) is 71.2. The van der Waals surface area contributed by atoms with Crippen molar-refractivity contribution < 1.29 is 82.8 Å². The van der Waals surface area contributed by atoms with Crippen LogP contribution < -0.4 is 20.3 Å². The minimum absolute atomic E-state index is 0.00647. The summed E-state index contributed by atoms with van der Waals surface area (Å²) in [6, 6.07) is 21.9. The normalized spacial score (nSPS) is 23.3. The third kappa shape index (κ3) is 16.3. The zero-order valence-corrected chi connectivity index (χ0v) is 57.5. The van der Waals surface area contributed by atoms with Gasteiger partial charge in [0, 0.05) is 99.9 Å². The Morgan fingerprint density at radius 2 is 1.66 bits per heavy atom. The van der Waals surface area contributed by atoms with E-state index in [0.717, 1.165) is 89.0 Å². The lowest BCUT2D eigenvalue weighted by atomic mass is 9.51. The number of carboxylic acid groups (broad SMARTS) is 2. The van der Waals surface area contributed by atoms with Crippen molar-refractivity contribution in [2.75, 3.05) is 63.6 Å². The number of aromatic carboxylic acids is 1. The number of carbonyl (C=O) groups is 8. The van der Waals surface area contributed by atoms with Crippen molar-refractivity contribution in [2.45, 2.75) is 160 Å². The minimum atomic E-state index is -1.99. The van der Waals surface area contributed by atoms with Crippen molar-refractivity contribution in [3.05, 3.63) is 130 Å². The van der Waals surface area contributed by atoms with Gasteiger partial charge in [0.25, 0.3) is 17.7 Å². The Hall–Kier alpha value is -9.19. The molecular weight excluding hydrogens is 1310 g/mol. The number of nitrogens with one attached hydrogen (secondary N) is 2. The molecule has 100 heavy (non-hydrogen) atoms. The molecule has 2 saturated carbocycles. The number of para-hydroxylation sites is 1. The number of thiazole rings is 1. The molecule has 6 heterocycles. The summed E-state index contributed by atoms with van der Waals surface area (Å²) in [5.74, 6) is -4.52. The van der Waals surface area contributed by atoms with E-state index in [2.05, 4.69) is 29.5 Å². The smallest absolute Gasteiger partial charge is 0.410 e. The Kier molecular flexibility index (Phi) is 22.2. The number of aliphatic carboxylic acids is 1. The second-order valence-corrected chi connectivity index (χ2v) is 28.5. The lowest BCUT2D eigenvalue weighted by Crippen LogP contribution is -2.61. The molecule has 28 heteroatoms. The van der Waals surface area contributed by atoms with E-state index in [-0.39, 0.29) is 72.3 Å². The number of pyridine rings is 1. The molecule has 3 aromatic heterocycles. The van der Waals surface area contributed by atoms with Crippen molar-refractivity contribution >= 4 is 80.1 Å². The number of rotatable bonds is 28. The maximum absolute atomic E-state index is 14.4. The molecule has 5 aliphatic rings. The van der Waals surface area contributed by atoms with Gasteiger partial charge in [-0.2, -0.15) is 5.10 Å². The first-order valence-corrected chi connectivity index (χ1v) is 34.7. The van der Waals surface area contributed by atoms with Gasteiger partial charge < -0.3 is 64.5 Å². The highest BCUT2D eigenvalue weighted by molar-refractivity contribution is 7.22. The molecular formula is C72H86N10O17S. The topological polar surface area (TPSA) is 355 Å². The molecule has 2 bridgehead atoms. The number of unbranched alkanes of at least 4 members (excludes halogenated alkanes) is 1. The molecule has 7 N–H and O–H groups in total. The maximum Gasteiger partial charge on any atom is 0.410 e. The van der Waals surface area contributed by atoms with E-state index in [4.69, 9.17) is 29.0 Å². The summed E-state index contributed by atoms with van der Waals surface area (Å²) in [7, 11) is 3.23. The van der Waals surface area contributed by atoms with Gasteiger partial charge in [-0.1, -0.05) is 74.4 Å². The number of aliphatic hydroxyl groups is 3. The van der Waals surface area contributed by atoms with Gasteiger partial charge >= 0.3 is 18.0 Å². The number of anilines is 2. The number of carbonyl (C=O) groups excluding carboxylic acids is 6. The molecule has 3 aromatic carbocycles. The number of aliphatic hydroxyl groups excluding tert-OH is 3. The number of benzene rings is 3. The fraction of sp³-hybridized carbons (Fsp3) is 0.486. The fourth-order valence-electron chi connectivity index (χ4n) is 15.1. The molecule has 3 aliphatic heterocycles.